The van der Waals surface area contributed by atoms with Crippen molar-refractivity contribution in [2.45, 2.75) is 5.03 Å². The van der Waals surface area contributed by atoms with Gasteiger partial charge in [0, 0.05) is 29.7 Å². The number of nitrogens with zero attached hydrogens (tertiary/aromatic N) is 2. The minimum absolute atomic E-state index is 0.216. The van der Waals surface area contributed by atoms with Gasteiger partial charge in [0.1, 0.15) is 0 Å². The average molecular weight is 402 g/mol. The summed E-state index contributed by atoms with van der Waals surface area (Å²) in [6.45, 7) is 0.457. The summed E-state index contributed by atoms with van der Waals surface area (Å²) < 4.78 is 0. The highest BCUT2D eigenvalue weighted by Crippen LogP contribution is 2.15. The van der Waals surface area contributed by atoms with Crippen LogP contribution in [0.15, 0.2) is 78.0 Å². The number of hydrogen-bond acceptors (Lipinski definition) is 5. The Morgan fingerprint density at radius 2 is 1.79 bits per heavy atom. The van der Waals surface area contributed by atoms with Gasteiger partial charge in [0.25, 0.3) is 11.8 Å². The number of carbonyl (C=O) groups excluding carboxylic acids is 2. The molecule has 2 N–H and O–H groups in total. The molecule has 2 amide bonds. The SMILES string of the molecule is N#Cc1cccc(C(=O)NCCSc2ccc(C(=O)Nc3ccccc3)cn2)c1. The molecule has 3 aromatic rings. The topological polar surface area (TPSA) is 94.9 Å². The van der Waals surface area contributed by atoms with E-state index in [9.17, 15) is 9.59 Å². The maximum Gasteiger partial charge on any atom is 0.257 e. The monoisotopic (exact) mass is 402 g/mol. The van der Waals surface area contributed by atoms with E-state index in [1.165, 1.54) is 18.0 Å². The number of rotatable bonds is 7. The molecule has 0 fully saturated rings. The molecule has 0 aliphatic rings. The summed E-state index contributed by atoms with van der Waals surface area (Å²) in [5.74, 6) is 0.197. The van der Waals surface area contributed by atoms with Crippen LogP contribution in [0.5, 0.6) is 0 Å². The van der Waals surface area contributed by atoms with E-state index in [0.717, 1.165) is 10.7 Å². The third-order valence-electron chi connectivity index (χ3n) is 3.92. The fourth-order valence-electron chi connectivity index (χ4n) is 2.48. The van der Waals surface area contributed by atoms with Gasteiger partial charge in [-0.25, -0.2) is 4.98 Å². The number of pyridine rings is 1. The van der Waals surface area contributed by atoms with Crippen molar-refractivity contribution in [3.8, 4) is 6.07 Å². The molecular weight excluding hydrogens is 384 g/mol. The molecule has 2 aromatic carbocycles. The highest BCUT2D eigenvalue weighted by atomic mass is 32.2. The Morgan fingerprint density at radius 1 is 0.966 bits per heavy atom. The van der Waals surface area contributed by atoms with Gasteiger partial charge >= 0.3 is 0 Å². The van der Waals surface area contributed by atoms with Crippen molar-refractivity contribution in [2.75, 3.05) is 17.6 Å². The van der Waals surface area contributed by atoms with Crippen LogP contribution in [0.25, 0.3) is 0 Å². The molecule has 0 aliphatic heterocycles. The number of amides is 2. The van der Waals surface area contributed by atoms with Gasteiger partial charge in [0.15, 0.2) is 0 Å². The Bertz CT molecular complexity index is 1030. The molecule has 0 radical (unpaired) electrons. The van der Waals surface area contributed by atoms with Crippen molar-refractivity contribution >= 4 is 29.3 Å². The minimum Gasteiger partial charge on any atom is -0.351 e. The van der Waals surface area contributed by atoms with Crippen LogP contribution in [-0.2, 0) is 0 Å². The maximum atomic E-state index is 12.2. The number of carbonyl (C=O) groups is 2. The van der Waals surface area contributed by atoms with Crippen molar-refractivity contribution < 1.29 is 9.59 Å². The summed E-state index contributed by atoms with van der Waals surface area (Å²) in [5, 5.41) is 15.3. The molecule has 144 valence electrons. The normalized spacial score (nSPS) is 10.0. The molecule has 0 bridgehead atoms. The van der Waals surface area contributed by atoms with Crippen LogP contribution >= 0.6 is 11.8 Å². The van der Waals surface area contributed by atoms with Crippen molar-refractivity contribution in [3.63, 3.8) is 0 Å². The number of benzene rings is 2. The zero-order valence-electron chi connectivity index (χ0n) is 15.5. The van der Waals surface area contributed by atoms with Crippen molar-refractivity contribution in [1.82, 2.24) is 10.3 Å². The van der Waals surface area contributed by atoms with Crippen LogP contribution in [0.1, 0.15) is 26.3 Å². The summed E-state index contributed by atoms with van der Waals surface area (Å²) in [4.78, 5) is 28.6. The number of anilines is 1. The van der Waals surface area contributed by atoms with E-state index in [0.29, 0.717) is 29.0 Å². The molecule has 3 rings (SSSR count). The first-order chi connectivity index (χ1) is 14.2. The van der Waals surface area contributed by atoms with Gasteiger partial charge in [-0.05, 0) is 42.5 Å². The van der Waals surface area contributed by atoms with E-state index in [1.807, 2.05) is 36.4 Å². The Kier molecular flexibility index (Phi) is 6.98. The van der Waals surface area contributed by atoms with Crippen LogP contribution in [0, 0.1) is 11.3 Å². The van der Waals surface area contributed by atoms with Crippen LogP contribution in [0.2, 0.25) is 0 Å². The van der Waals surface area contributed by atoms with Gasteiger partial charge in [-0.3, -0.25) is 9.59 Å². The molecule has 1 heterocycles. The van der Waals surface area contributed by atoms with Gasteiger partial charge in [-0.1, -0.05) is 24.3 Å². The van der Waals surface area contributed by atoms with Crippen LogP contribution in [0.3, 0.4) is 0 Å². The number of hydrogen-bond donors (Lipinski definition) is 2. The second-order valence-corrected chi connectivity index (χ2v) is 7.12. The van der Waals surface area contributed by atoms with Gasteiger partial charge in [0.2, 0.25) is 0 Å². The summed E-state index contributed by atoms with van der Waals surface area (Å²) in [5.41, 5.74) is 2.12. The first-order valence-electron chi connectivity index (χ1n) is 8.89. The average Bonchev–Trinajstić information content (AvgIpc) is 2.77. The Balaban J connectivity index is 1.45. The Hall–Kier alpha value is -3.63. The quantitative estimate of drug-likeness (QED) is 0.464. The first-order valence-corrected chi connectivity index (χ1v) is 9.88. The summed E-state index contributed by atoms with van der Waals surface area (Å²) in [7, 11) is 0. The summed E-state index contributed by atoms with van der Waals surface area (Å²) in [6, 6.07) is 21.3. The van der Waals surface area contributed by atoms with E-state index in [2.05, 4.69) is 15.6 Å². The van der Waals surface area contributed by atoms with Crippen molar-refractivity contribution in [3.05, 3.63) is 89.6 Å². The molecule has 29 heavy (non-hydrogen) atoms. The second kappa shape index (κ2) is 10.1. The highest BCUT2D eigenvalue weighted by molar-refractivity contribution is 7.99. The maximum absolute atomic E-state index is 12.2. The third-order valence-corrected chi connectivity index (χ3v) is 4.87. The zero-order valence-corrected chi connectivity index (χ0v) is 16.3. The lowest BCUT2D eigenvalue weighted by atomic mass is 10.1. The molecular formula is C22H18N4O2S. The fourth-order valence-corrected chi connectivity index (χ4v) is 3.18. The minimum atomic E-state index is -0.219. The molecule has 1 aromatic heterocycles. The molecule has 0 aliphatic carbocycles. The predicted octanol–water partition coefficient (Wildman–Crippen LogP) is 3.73. The number of para-hydroxylation sites is 1. The van der Waals surface area contributed by atoms with E-state index in [4.69, 9.17) is 5.26 Å². The van der Waals surface area contributed by atoms with Gasteiger partial charge in [0.05, 0.1) is 22.2 Å². The molecule has 0 spiro atoms. The lowest BCUT2D eigenvalue weighted by Crippen LogP contribution is -2.25. The molecule has 0 saturated carbocycles. The predicted molar refractivity (Wildman–Crippen MR) is 113 cm³/mol. The molecule has 0 atom stereocenters. The largest absolute Gasteiger partial charge is 0.351 e. The summed E-state index contributed by atoms with van der Waals surface area (Å²) >= 11 is 1.48. The number of thioether (sulfide) groups is 1. The third kappa shape index (κ3) is 5.92. The lowest BCUT2D eigenvalue weighted by Gasteiger charge is -2.07. The van der Waals surface area contributed by atoms with E-state index in [1.54, 1.807) is 36.4 Å². The van der Waals surface area contributed by atoms with Crippen molar-refractivity contribution in [1.29, 1.82) is 5.26 Å². The number of aromatic nitrogens is 1. The fraction of sp³-hybridized carbons (Fsp3) is 0.0909. The number of nitrogens with one attached hydrogen (secondary N) is 2. The number of nitriles is 1. The van der Waals surface area contributed by atoms with Crippen LogP contribution in [0.4, 0.5) is 5.69 Å². The summed E-state index contributed by atoms with van der Waals surface area (Å²) in [6.07, 6.45) is 1.53. The smallest absolute Gasteiger partial charge is 0.257 e. The van der Waals surface area contributed by atoms with Crippen molar-refractivity contribution in [2.24, 2.45) is 0 Å². The van der Waals surface area contributed by atoms with Crippen LogP contribution < -0.4 is 10.6 Å². The van der Waals surface area contributed by atoms with Gasteiger partial charge in [-0.15, -0.1) is 11.8 Å². The zero-order chi connectivity index (χ0) is 20.5. The first kappa shape index (κ1) is 20.1. The van der Waals surface area contributed by atoms with Gasteiger partial charge < -0.3 is 10.6 Å². The molecule has 7 heteroatoms. The molecule has 0 saturated heterocycles. The van der Waals surface area contributed by atoms with E-state index >= 15 is 0 Å². The Labute approximate surface area is 173 Å². The standard InChI is InChI=1S/C22H18N4O2S/c23-14-16-5-4-6-17(13-16)21(27)24-11-12-29-20-10-9-18(15-25-20)22(28)26-19-7-2-1-3-8-19/h1-10,13,15H,11-12H2,(H,24,27)(H,26,28). The lowest BCUT2D eigenvalue weighted by molar-refractivity contribution is 0.0955. The molecule has 6 nitrogen and oxygen atoms in total. The van der Waals surface area contributed by atoms with E-state index < -0.39 is 0 Å². The molecule has 0 unspecified atom stereocenters. The highest BCUT2D eigenvalue weighted by Gasteiger charge is 2.08. The Morgan fingerprint density at radius 3 is 2.52 bits per heavy atom. The van der Waals surface area contributed by atoms with Crippen LogP contribution in [-0.4, -0.2) is 29.1 Å². The second-order valence-electron chi connectivity index (χ2n) is 6.00. The van der Waals surface area contributed by atoms with Gasteiger partial charge in [-0.2, -0.15) is 5.26 Å². The van der Waals surface area contributed by atoms with E-state index in [-0.39, 0.29) is 11.8 Å².